The Morgan fingerprint density at radius 2 is 1.42 bits per heavy atom. The van der Waals surface area contributed by atoms with Crippen LogP contribution in [-0.2, 0) is 23.8 Å². The monoisotopic (exact) mass is 462 g/mol. The van der Waals surface area contributed by atoms with Gasteiger partial charge in [0, 0.05) is 6.61 Å². The largest absolute Gasteiger partial charge is 0.353 e. The molecule has 186 valence electrons. The van der Waals surface area contributed by atoms with Crippen molar-refractivity contribution in [3.8, 4) is 0 Å². The third-order valence-corrected chi connectivity index (χ3v) is 6.64. The summed E-state index contributed by atoms with van der Waals surface area (Å²) in [7, 11) is -3.53. The lowest BCUT2D eigenvalue weighted by atomic mass is 9.98. The zero-order chi connectivity index (χ0) is 23.0. The first kappa shape index (κ1) is 28.9. The molecule has 1 rings (SSSR count). The smallest absolute Gasteiger partial charge is 0.264 e. The van der Waals surface area contributed by atoms with E-state index >= 15 is 0 Å². The minimum atomic E-state index is -3.53. The van der Waals surface area contributed by atoms with Crippen molar-refractivity contribution in [2.75, 3.05) is 12.9 Å². The molecule has 1 aliphatic heterocycles. The summed E-state index contributed by atoms with van der Waals surface area (Å²) in [6, 6.07) is 0. The van der Waals surface area contributed by atoms with Crippen LogP contribution >= 0.6 is 0 Å². The van der Waals surface area contributed by atoms with Gasteiger partial charge in [0.1, 0.15) is 6.10 Å². The second-order valence-electron chi connectivity index (χ2n) is 9.75. The Balaban J connectivity index is 2.61. The molecule has 5 nitrogen and oxygen atoms in total. The number of rotatable bonds is 19. The highest BCUT2D eigenvalue weighted by Crippen LogP contribution is 2.25. The second kappa shape index (κ2) is 17.3. The minimum Gasteiger partial charge on any atom is -0.353 e. The van der Waals surface area contributed by atoms with Crippen molar-refractivity contribution in [3.05, 3.63) is 0 Å². The lowest BCUT2D eigenvalue weighted by Gasteiger charge is -2.32. The Hall–Kier alpha value is -0.170. The van der Waals surface area contributed by atoms with Gasteiger partial charge >= 0.3 is 0 Å². The molecule has 0 aromatic carbocycles. The van der Waals surface area contributed by atoms with E-state index in [9.17, 15) is 8.42 Å². The predicted octanol–water partition coefficient (Wildman–Crippen LogP) is 6.99. The van der Waals surface area contributed by atoms with Crippen molar-refractivity contribution in [1.82, 2.24) is 0 Å². The topological polar surface area (TPSA) is 61.8 Å². The third kappa shape index (κ3) is 16.1. The lowest BCUT2D eigenvalue weighted by molar-refractivity contribution is -0.205. The number of hydrogen-bond donors (Lipinski definition) is 0. The molecular weight excluding hydrogens is 412 g/mol. The predicted molar refractivity (Wildman–Crippen MR) is 129 cm³/mol. The van der Waals surface area contributed by atoms with E-state index in [-0.39, 0.29) is 12.4 Å². The molecule has 6 heteroatoms. The van der Waals surface area contributed by atoms with Crippen LogP contribution in [0.25, 0.3) is 0 Å². The molecule has 1 fully saturated rings. The van der Waals surface area contributed by atoms with Gasteiger partial charge in [-0.05, 0) is 38.0 Å². The first-order valence-electron chi connectivity index (χ1n) is 13.0. The van der Waals surface area contributed by atoms with Crippen molar-refractivity contribution in [2.24, 2.45) is 5.92 Å². The van der Waals surface area contributed by atoms with Gasteiger partial charge in [-0.1, -0.05) is 91.4 Å². The molecule has 0 bridgehead atoms. The standard InChI is InChI=1S/C25H50O5S/c1-5-6-7-8-9-10-11-12-18-23(29-25-20-15-16-21-28-25)24(30-31(4,26)27)19-14-13-17-22(2)3/h22-25H,5-21H2,1-4H3/t23-,24-,25?/m0/s1. The van der Waals surface area contributed by atoms with Crippen LogP contribution in [0.3, 0.4) is 0 Å². The molecule has 0 radical (unpaired) electrons. The Morgan fingerprint density at radius 3 is 2.00 bits per heavy atom. The molecule has 0 spiro atoms. The van der Waals surface area contributed by atoms with Crippen molar-refractivity contribution < 1.29 is 22.1 Å². The van der Waals surface area contributed by atoms with Gasteiger partial charge in [0.2, 0.25) is 0 Å². The molecule has 0 amide bonds. The summed E-state index contributed by atoms with van der Waals surface area (Å²) in [5.41, 5.74) is 0. The first-order valence-corrected chi connectivity index (χ1v) is 14.8. The third-order valence-electron chi connectivity index (χ3n) is 6.04. The first-order chi connectivity index (χ1) is 14.8. The van der Waals surface area contributed by atoms with Crippen LogP contribution in [0, 0.1) is 5.92 Å². The van der Waals surface area contributed by atoms with Crippen LogP contribution in [0.1, 0.15) is 124 Å². The molecule has 1 saturated heterocycles. The van der Waals surface area contributed by atoms with Crippen LogP contribution in [-0.4, -0.2) is 39.8 Å². The maximum Gasteiger partial charge on any atom is 0.264 e. The maximum absolute atomic E-state index is 12.0. The quantitative estimate of drug-likeness (QED) is 0.153. The molecule has 0 aromatic heterocycles. The van der Waals surface area contributed by atoms with Crippen molar-refractivity contribution >= 4 is 10.1 Å². The van der Waals surface area contributed by atoms with E-state index in [1.54, 1.807) is 0 Å². The van der Waals surface area contributed by atoms with Crippen LogP contribution in [0.5, 0.6) is 0 Å². The van der Waals surface area contributed by atoms with E-state index in [0.29, 0.717) is 12.3 Å². The van der Waals surface area contributed by atoms with Gasteiger partial charge in [0.25, 0.3) is 10.1 Å². The minimum absolute atomic E-state index is 0.225. The molecule has 0 aromatic rings. The van der Waals surface area contributed by atoms with Gasteiger partial charge in [-0.25, -0.2) is 0 Å². The van der Waals surface area contributed by atoms with Gasteiger partial charge in [0.05, 0.1) is 12.4 Å². The van der Waals surface area contributed by atoms with Gasteiger partial charge in [-0.2, -0.15) is 8.42 Å². The van der Waals surface area contributed by atoms with Crippen molar-refractivity contribution in [3.63, 3.8) is 0 Å². The fourth-order valence-electron chi connectivity index (χ4n) is 4.25. The van der Waals surface area contributed by atoms with Gasteiger partial charge < -0.3 is 9.47 Å². The molecule has 1 unspecified atom stereocenters. The average Bonchev–Trinajstić information content (AvgIpc) is 2.71. The molecule has 0 saturated carbocycles. The van der Waals surface area contributed by atoms with E-state index in [2.05, 4.69) is 20.8 Å². The zero-order valence-corrected chi connectivity index (χ0v) is 21.6. The van der Waals surface area contributed by atoms with E-state index < -0.39 is 16.2 Å². The zero-order valence-electron chi connectivity index (χ0n) is 20.8. The van der Waals surface area contributed by atoms with Crippen molar-refractivity contribution in [1.29, 1.82) is 0 Å². The highest BCUT2D eigenvalue weighted by atomic mass is 32.2. The molecule has 3 atom stereocenters. The van der Waals surface area contributed by atoms with E-state index in [1.165, 1.54) is 38.5 Å². The highest BCUT2D eigenvalue weighted by Gasteiger charge is 2.29. The van der Waals surface area contributed by atoms with Crippen LogP contribution < -0.4 is 0 Å². The molecule has 31 heavy (non-hydrogen) atoms. The summed E-state index contributed by atoms with van der Waals surface area (Å²) >= 11 is 0. The molecule has 1 heterocycles. The van der Waals surface area contributed by atoms with Crippen molar-refractivity contribution in [2.45, 2.75) is 142 Å². The molecule has 0 aliphatic carbocycles. The summed E-state index contributed by atoms with van der Waals surface area (Å²) in [6.45, 7) is 7.41. The summed E-state index contributed by atoms with van der Waals surface area (Å²) in [5.74, 6) is 0.661. The average molecular weight is 463 g/mol. The van der Waals surface area contributed by atoms with E-state index in [4.69, 9.17) is 13.7 Å². The Kier molecular flexibility index (Phi) is 16.1. The fourth-order valence-corrected chi connectivity index (χ4v) is 4.92. The molecule has 1 aliphatic rings. The summed E-state index contributed by atoms with van der Waals surface area (Å²) < 4.78 is 41.6. The normalized spacial score (nSPS) is 19.6. The lowest BCUT2D eigenvalue weighted by Crippen LogP contribution is -2.38. The summed E-state index contributed by atoms with van der Waals surface area (Å²) in [6.07, 6.45) is 18.1. The van der Waals surface area contributed by atoms with Gasteiger partial charge in [-0.15, -0.1) is 0 Å². The van der Waals surface area contributed by atoms with Crippen LogP contribution in [0.15, 0.2) is 0 Å². The number of unbranched alkanes of at least 4 members (excludes halogenated alkanes) is 8. The van der Waals surface area contributed by atoms with Gasteiger partial charge in [-0.3, -0.25) is 4.18 Å². The Bertz CT molecular complexity index is 514. The fraction of sp³-hybridized carbons (Fsp3) is 1.00. The summed E-state index contributed by atoms with van der Waals surface area (Å²) in [5, 5.41) is 0. The maximum atomic E-state index is 12.0. The van der Waals surface area contributed by atoms with Crippen LogP contribution in [0.2, 0.25) is 0 Å². The molecule has 0 N–H and O–H groups in total. The number of hydrogen-bond acceptors (Lipinski definition) is 5. The summed E-state index contributed by atoms with van der Waals surface area (Å²) in [4.78, 5) is 0. The Morgan fingerprint density at radius 1 is 0.839 bits per heavy atom. The van der Waals surface area contributed by atoms with E-state index in [1.807, 2.05) is 0 Å². The van der Waals surface area contributed by atoms with Crippen LogP contribution in [0.4, 0.5) is 0 Å². The van der Waals surface area contributed by atoms with E-state index in [0.717, 1.165) is 70.7 Å². The second-order valence-corrected chi connectivity index (χ2v) is 11.4. The highest BCUT2D eigenvalue weighted by molar-refractivity contribution is 7.86. The Labute approximate surface area is 193 Å². The SMILES string of the molecule is CCCCCCCCCC[C@H](OC1CCCCO1)[C@H](CCCCC(C)C)OS(C)(=O)=O. The van der Waals surface area contributed by atoms with Gasteiger partial charge in [0.15, 0.2) is 6.29 Å². The number of ether oxygens (including phenoxy) is 2. The molecular formula is C25H50O5S.